The van der Waals surface area contributed by atoms with Crippen molar-refractivity contribution in [2.24, 2.45) is 0 Å². The molecule has 1 amide bonds. The van der Waals surface area contributed by atoms with Crippen molar-refractivity contribution in [1.82, 2.24) is 15.4 Å². The Balaban J connectivity index is 1.43. The van der Waals surface area contributed by atoms with Crippen LogP contribution in [0.1, 0.15) is 22.3 Å². The maximum Gasteiger partial charge on any atom is 0.242 e. The van der Waals surface area contributed by atoms with E-state index in [1.54, 1.807) is 19.2 Å². The molecule has 4 aromatic carbocycles. The number of methoxy groups -OCH3 is 1. The number of amides is 1. The third kappa shape index (κ3) is 7.65. The summed E-state index contributed by atoms with van der Waals surface area (Å²) in [5, 5.41) is 13.4. The minimum Gasteiger partial charge on any atom is -0.493 e. The lowest BCUT2D eigenvalue weighted by molar-refractivity contribution is -0.119. The molecule has 9 nitrogen and oxygen atoms in total. The Hall–Kier alpha value is -5.88. The Morgan fingerprint density at radius 1 is 0.814 bits per heavy atom. The van der Waals surface area contributed by atoms with Crippen molar-refractivity contribution in [2.45, 2.75) is 19.6 Å². The van der Waals surface area contributed by atoms with E-state index in [0.29, 0.717) is 35.9 Å². The predicted octanol–water partition coefficient (Wildman–Crippen LogP) is 5.90. The molecule has 0 aliphatic heterocycles. The minimum atomic E-state index is -0.282. The van der Waals surface area contributed by atoms with Crippen LogP contribution in [0.2, 0.25) is 0 Å². The Labute approximate surface area is 250 Å². The highest BCUT2D eigenvalue weighted by atomic mass is 16.5. The molecule has 0 aliphatic carbocycles. The zero-order valence-corrected chi connectivity index (χ0v) is 23.6. The van der Waals surface area contributed by atoms with Gasteiger partial charge in [-0.1, -0.05) is 91.0 Å². The summed E-state index contributed by atoms with van der Waals surface area (Å²) in [5.74, 6) is 1.20. The van der Waals surface area contributed by atoms with E-state index in [1.807, 2.05) is 97.1 Å². The number of benzene rings is 4. The first kappa shape index (κ1) is 28.6. The molecule has 0 saturated carbocycles. The van der Waals surface area contributed by atoms with Gasteiger partial charge in [0.2, 0.25) is 11.9 Å². The highest BCUT2D eigenvalue weighted by Gasteiger charge is 2.19. The van der Waals surface area contributed by atoms with Gasteiger partial charge in [0.25, 0.3) is 0 Å². The van der Waals surface area contributed by atoms with Crippen molar-refractivity contribution in [2.75, 3.05) is 17.9 Å². The van der Waals surface area contributed by atoms with E-state index in [4.69, 9.17) is 9.47 Å². The number of carbonyl (C=O) groups is 1. The van der Waals surface area contributed by atoms with E-state index in [9.17, 15) is 10.1 Å². The van der Waals surface area contributed by atoms with E-state index in [1.165, 1.54) is 0 Å². The van der Waals surface area contributed by atoms with Gasteiger partial charge in [-0.25, -0.2) is 4.98 Å². The zero-order chi connectivity index (χ0) is 29.9. The fourth-order valence-electron chi connectivity index (χ4n) is 4.35. The number of carbonyl (C=O) groups excluding carboxylic acids is 1. The maximum absolute atomic E-state index is 12.7. The summed E-state index contributed by atoms with van der Waals surface area (Å²) in [6.45, 7) is 0.833. The second-order valence-electron chi connectivity index (χ2n) is 9.55. The minimum absolute atomic E-state index is 0.158. The number of hydrogen-bond acceptors (Lipinski definition) is 8. The first-order valence-corrected chi connectivity index (χ1v) is 13.7. The van der Waals surface area contributed by atoms with E-state index in [0.717, 1.165) is 16.7 Å². The summed E-state index contributed by atoms with van der Waals surface area (Å²) in [4.78, 5) is 21.9. The molecule has 3 N–H and O–H groups in total. The van der Waals surface area contributed by atoms with Gasteiger partial charge in [0.15, 0.2) is 17.3 Å². The summed E-state index contributed by atoms with van der Waals surface area (Å²) in [6.07, 6.45) is 0.161. The summed E-state index contributed by atoms with van der Waals surface area (Å²) < 4.78 is 11.6. The number of rotatable bonds is 12. The largest absolute Gasteiger partial charge is 0.493 e. The summed E-state index contributed by atoms with van der Waals surface area (Å²) in [6, 6.07) is 36.6. The van der Waals surface area contributed by atoms with Crippen LogP contribution in [-0.4, -0.2) is 23.0 Å². The van der Waals surface area contributed by atoms with Crippen LogP contribution in [0.4, 0.5) is 11.8 Å². The lowest BCUT2D eigenvalue weighted by atomic mass is 10.1. The standard InChI is InChI=1S/C34H30N6O3/c1-42-30-20-27(17-18-29(30)43-23-26-15-9-4-10-16-26)32-28(21-35)33(40-39-31(41)19-24-11-5-2-6-12-24)38-34(37-32)36-22-25-13-7-3-8-14-25/h2-18,20H,19,22-23H2,1H3,(H,39,41)(H2,36,37,38,40). The second kappa shape index (κ2) is 14.1. The number of nitrogens with one attached hydrogen (secondary N) is 3. The van der Waals surface area contributed by atoms with Crippen LogP contribution in [-0.2, 0) is 24.4 Å². The van der Waals surface area contributed by atoms with Crippen LogP contribution in [0, 0.1) is 11.3 Å². The van der Waals surface area contributed by atoms with Crippen molar-refractivity contribution in [3.8, 4) is 28.8 Å². The van der Waals surface area contributed by atoms with E-state index in [-0.39, 0.29) is 29.7 Å². The molecule has 5 aromatic rings. The Morgan fingerprint density at radius 3 is 2.12 bits per heavy atom. The number of nitriles is 1. The van der Waals surface area contributed by atoms with Gasteiger partial charge >= 0.3 is 0 Å². The molecule has 0 aliphatic rings. The van der Waals surface area contributed by atoms with Gasteiger partial charge in [-0.15, -0.1) is 0 Å². The lowest BCUT2D eigenvalue weighted by Crippen LogP contribution is -2.31. The van der Waals surface area contributed by atoms with Gasteiger partial charge in [-0.2, -0.15) is 10.2 Å². The topological polar surface area (TPSA) is 121 Å². The van der Waals surface area contributed by atoms with Crippen molar-refractivity contribution in [3.63, 3.8) is 0 Å². The maximum atomic E-state index is 12.7. The van der Waals surface area contributed by atoms with Crippen LogP contribution in [0.15, 0.2) is 109 Å². The first-order valence-electron chi connectivity index (χ1n) is 13.7. The molecule has 9 heteroatoms. The fourth-order valence-corrected chi connectivity index (χ4v) is 4.35. The van der Waals surface area contributed by atoms with Crippen LogP contribution >= 0.6 is 0 Å². The van der Waals surface area contributed by atoms with Crippen LogP contribution < -0.4 is 25.6 Å². The average Bonchev–Trinajstić information content (AvgIpc) is 3.06. The van der Waals surface area contributed by atoms with Crippen LogP contribution in [0.25, 0.3) is 11.3 Å². The van der Waals surface area contributed by atoms with Gasteiger partial charge in [-0.3, -0.25) is 15.6 Å². The molecule has 0 spiro atoms. The van der Waals surface area contributed by atoms with E-state index in [2.05, 4.69) is 32.2 Å². The Kier molecular flexibility index (Phi) is 9.42. The van der Waals surface area contributed by atoms with Crippen molar-refractivity contribution in [1.29, 1.82) is 5.26 Å². The monoisotopic (exact) mass is 570 g/mol. The van der Waals surface area contributed by atoms with Crippen molar-refractivity contribution in [3.05, 3.63) is 131 Å². The molecule has 0 saturated heterocycles. The number of nitrogens with zero attached hydrogens (tertiary/aromatic N) is 3. The Bertz CT molecular complexity index is 1710. The molecule has 0 bridgehead atoms. The van der Waals surface area contributed by atoms with Gasteiger partial charge in [-0.05, 0) is 34.9 Å². The number of hydrazine groups is 1. The van der Waals surface area contributed by atoms with E-state index >= 15 is 0 Å². The molecule has 0 unspecified atom stereocenters. The molecule has 1 aromatic heterocycles. The second-order valence-corrected chi connectivity index (χ2v) is 9.55. The summed E-state index contributed by atoms with van der Waals surface area (Å²) in [5.41, 5.74) is 9.55. The zero-order valence-electron chi connectivity index (χ0n) is 23.6. The molecule has 0 fully saturated rings. The average molecular weight is 571 g/mol. The Morgan fingerprint density at radius 2 is 1.47 bits per heavy atom. The molecular weight excluding hydrogens is 540 g/mol. The fraction of sp³-hybridized carbons (Fsp3) is 0.118. The highest BCUT2D eigenvalue weighted by molar-refractivity contribution is 5.81. The molecule has 5 rings (SSSR count). The summed E-state index contributed by atoms with van der Waals surface area (Å²) >= 11 is 0. The van der Waals surface area contributed by atoms with Gasteiger partial charge in [0, 0.05) is 12.1 Å². The van der Waals surface area contributed by atoms with Gasteiger partial charge in [0.05, 0.1) is 19.2 Å². The highest BCUT2D eigenvalue weighted by Crippen LogP contribution is 2.35. The molecule has 1 heterocycles. The molecule has 43 heavy (non-hydrogen) atoms. The quantitative estimate of drug-likeness (QED) is 0.159. The van der Waals surface area contributed by atoms with Crippen molar-refractivity contribution < 1.29 is 14.3 Å². The predicted molar refractivity (Wildman–Crippen MR) is 165 cm³/mol. The lowest BCUT2D eigenvalue weighted by Gasteiger charge is -2.16. The van der Waals surface area contributed by atoms with Gasteiger partial charge < -0.3 is 14.8 Å². The SMILES string of the molecule is COc1cc(-c2nc(NCc3ccccc3)nc(NNC(=O)Cc3ccccc3)c2C#N)ccc1OCc1ccccc1. The smallest absolute Gasteiger partial charge is 0.242 e. The first-order chi connectivity index (χ1) is 21.1. The number of anilines is 2. The molecule has 0 atom stereocenters. The third-order valence-electron chi connectivity index (χ3n) is 6.52. The number of ether oxygens (including phenoxy) is 2. The molecular formula is C34H30N6O3. The third-order valence-corrected chi connectivity index (χ3v) is 6.52. The normalized spacial score (nSPS) is 10.3. The molecule has 0 radical (unpaired) electrons. The van der Waals surface area contributed by atoms with Crippen LogP contribution in [0.3, 0.4) is 0 Å². The number of hydrogen-bond donors (Lipinski definition) is 3. The number of aromatic nitrogens is 2. The van der Waals surface area contributed by atoms with Gasteiger partial charge in [0.1, 0.15) is 18.2 Å². The van der Waals surface area contributed by atoms with Crippen LogP contribution in [0.5, 0.6) is 11.5 Å². The molecule has 214 valence electrons. The van der Waals surface area contributed by atoms with Crippen molar-refractivity contribution >= 4 is 17.7 Å². The summed E-state index contributed by atoms with van der Waals surface area (Å²) in [7, 11) is 1.56. The van der Waals surface area contributed by atoms with E-state index < -0.39 is 0 Å².